The van der Waals surface area contributed by atoms with Gasteiger partial charge in [-0.05, 0) is 80.8 Å². The second-order valence-electron chi connectivity index (χ2n) is 7.96. The standard InChI is InChI=1S/C25H27ClN2O4S/c1-16-6-11-22(32-5)23(14-16)33(30,31)28(21-9-7-20(26)8-10-21)15-24(29)27-25-18(3)12-17(2)13-19(25)4/h6-14H,15H2,1-5H3,(H,27,29). The van der Waals surface area contributed by atoms with Gasteiger partial charge in [0, 0.05) is 10.7 Å². The van der Waals surface area contributed by atoms with Crippen LogP contribution in [0.1, 0.15) is 22.3 Å². The molecule has 0 aromatic heterocycles. The monoisotopic (exact) mass is 486 g/mol. The lowest BCUT2D eigenvalue weighted by atomic mass is 10.1. The number of aryl methyl sites for hydroxylation is 4. The Morgan fingerprint density at radius 3 is 2.12 bits per heavy atom. The van der Waals surface area contributed by atoms with E-state index in [1.165, 1.54) is 13.2 Å². The second kappa shape index (κ2) is 9.85. The molecule has 0 radical (unpaired) electrons. The molecule has 0 spiro atoms. The Labute approximate surface area is 200 Å². The number of anilines is 2. The number of nitrogens with one attached hydrogen (secondary N) is 1. The van der Waals surface area contributed by atoms with Gasteiger partial charge in [0.1, 0.15) is 17.2 Å². The zero-order chi connectivity index (χ0) is 24.3. The third-order valence-electron chi connectivity index (χ3n) is 5.23. The van der Waals surface area contributed by atoms with Gasteiger partial charge in [0.15, 0.2) is 0 Å². The van der Waals surface area contributed by atoms with Crippen LogP contribution in [-0.4, -0.2) is 28.0 Å². The van der Waals surface area contributed by atoms with Crippen LogP contribution in [0.4, 0.5) is 11.4 Å². The number of methoxy groups -OCH3 is 1. The molecule has 8 heteroatoms. The van der Waals surface area contributed by atoms with Gasteiger partial charge in [0.05, 0.1) is 12.8 Å². The molecule has 0 heterocycles. The van der Waals surface area contributed by atoms with Gasteiger partial charge in [0.25, 0.3) is 10.0 Å². The molecule has 3 aromatic rings. The van der Waals surface area contributed by atoms with Crippen LogP contribution in [0.2, 0.25) is 5.02 Å². The molecule has 6 nitrogen and oxygen atoms in total. The highest BCUT2D eigenvalue weighted by Crippen LogP contribution is 2.31. The van der Waals surface area contributed by atoms with Gasteiger partial charge in [-0.25, -0.2) is 8.42 Å². The van der Waals surface area contributed by atoms with Gasteiger partial charge in [-0.1, -0.05) is 35.4 Å². The number of carbonyl (C=O) groups excluding carboxylic acids is 1. The van der Waals surface area contributed by atoms with Crippen molar-refractivity contribution in [3.63, 3.8) is 0 Å². The molecule has 33 heavy (non-hydrogen) atoms. The maximum atomic E-state index is 13.7. The number of rotatable bonds is 7. The van der Waals surface area contributed by atoms with Gasteiger partial charge < -0.3 is 10.1 Å². The van der Waals surface area contributed by atoms with E-state index in [0.29, 0.717) is 16.4 Å². The van der Waals surface area contributed by atoms with E-state index in [2.05, 4.69) is 5.32 Å². The quantitative estimate of drug-likeness (QED) is 0.484. The van der Waals surface area contributed by atoms with Crippen LogP contribution in [0.3, 0.4) is 0 Å². The highest BCUT2D eigenvalue weighted by atomic mass is 35.5. The first-order valence-corrected chi connectivity index (χ1v) is 12.2. The van der Waals surface area contributed by atoms with Crippen LogP contribution in [0.15, 0.2) is 59.5 Å². The fourth-order valence-electron chi connectivity index (χ4n) is 3.71. The first-order chi connectivity index (χ1) is 15.5. The molecule has 0 atom stereocenters. The van der Waals surface area contributed by atoms with E-state index in [4.69, 9.17) is 16.3 Å². The molecule has 3 rings (SSSR count). The van der Waals surface area contributed by atoms with Crippen molar-refractivity contribution < 1.29 is 17.9 Å². The third-order valence-corrected chi connectivity index (χ3v) is 7.28. The van der Waals surface area contributed by atoms with Crippen LogP contribution in [0.5, 0.6) is 5.75 Å². The average molecular weight is 487 g/mol. The number of amides is 1. The summed E-state index contributed by atoms with van der Waals surface area (Å²) in [5.41, 5.74) is 4.63. The summed E-state index contributed by atoms with van der Waals surface area (Å²) in [6.45, 7) is 7.16. The number of carbonyl (C=O) groups is 1. The van der Waals surface area contributed by atoms with E-state index < -0.39 is 22.5 Å². The molecule has 3 aromatic carbocycles. The first kappa shape index (κ1) is 24.6. The predicted octanol–water partition coefficient (Wildman–Crippen LogP) is 5.42. The Hall–Kier alpha value is -3.03. The minimum absolute atomic E-state index is 0.0181. The SMILES string of the molecule is COc1ccc(C)cc1S(=O)(=O)N(CC(=O)Nc1c(C)cc(C)cc1C)c1ccc(Cl)cc1. The fourth-order valence-corrected chi connectivity index (χ4v) is 5.50. The van der Waals surface area contributed by atoms with Crippen LogP contribution in [0, 0.1) is 27.7 Å². The van der Waals surface area contributed by atoms with Crippen LogP contribution < -0.4 is 14.4 Å². The first-order valence-electron chi connectivity index (χ1n) is 10.3. The van der Waals surface area contributed by atoms with Crippen LogP contribution >= 0.6 is 11.6 Å². The highest BCUT2D eigenvalue weighted by molar-refractivity contribution is 7.93. The summed E-state index contributed by atoms with van der Waals surface area (Å²) in [4.78, 5) is 13.1. The molecule has 0 aliphatic rings. The van der Waals surface area contributed by atoms with Crippen molar-refractivity contribution in [3.05, 3.63) is 81.9 Å². The lowest BCUT2D eigenvalue weighted by Gasteiger charge is -2.25. The summed E-state index contributed by atoms with van der Waals surface area (Å²) < 4.78 is 33.9. The zero-order valence-corrected chi connectivity index (χ0v) is 20.8. The van der Waals surface area contributed by atoms with Crippen molar-refractivity contribution in [1.29, 1.82) is 0 Å². The smallest absolute Gasteiger partial charge is 0.268 e. The van der Waals surface area contributed by atoms with Crippen molar-refractivity contribution >= 4 is 38.9 Å². The third kappa shape index (κ3) is 5.49. The van der Waals surface area contributed by atoms with E-state index in [9.17, 15) is 13.2 Å². The van der Waals surface area contributed by atoms with E-state index in [0.717, 1.165) is 26.6 Å². The lowest BCUT2D eigenvalue weighted by Crippen LogP contribution is -2.38. The molecule has 0 saturated heterocycles. The number of ether oxygens (including phenoxy) is 1. The van der Waals surface area contributed by atoms with E-state index in [-0.39, 0.29) is 10.6 Å². The van der Waals surface area contributed by atoms with Crippen molar-refractivity contribution in [2.75, 3.05) is 23.3 Å². The summed E-state index contributed by atoms with van der Waals surface area (Å²) in [6.07, 6.45) is 0. The number of halogens is 1. The van der Waals surface area contributed by atoms with Gasteiger partial charge in [-0.3, -0.25) is 9.10 Å². The highest BCUT2D eigenvalue weighted by Gasteiger charge is 2.30. The zero-order valence-electron chi connectivity index (χ0n) is 19.3. The van der Waals surface area contributed by atoms with Gasteiger partial charge in [0.2, 0.25) is 5.91 Å². The molecule has 0 unspecified atom stereocenters. The molecule has 0 aliphatic heterocycles. The Balaban J connectivity index is 2.04. The Kier molecular flexibility index (Phi) is 7.34. The summed E-state index contributed by atoms with van der Waals surface area (Å²) in [7, 11) is -2.73. The maximum absolute atomic E-state index is 13.7. The van der Waals surface area contributed by atoms with Crippen molar-refractivity contribution in [2.24, 2.45) is 0 Å². The van der Waals surface area contributed by atoms with Crippen molar-refractivity contribution in [1.82, 2.24) is 0 Å². The molecule has 0 fully saturated rings. The van der Waals surface area contributed by atoms with Crippen LogP contribution in [-0.2, 0) is 14.8 Å². The van der Waals surface area contributed by atoms with Crippen LogP contribution in [0.25, 0.3) is 0 Å². The number of sulfonamides is 1. The molecule has 0 bridgehead atoms. The Bertz CT molecular complexity index is 1270. The predicted molar refractivity (Wildman–Crippen MR) is 133 cm³/mol. The van der Waals surface area contributed by atoms with Gasteiger partial charge in [-0.2, -0.15) is 0 Å². The van der Waals surface area contributed by atoms with E-state index >= 15 is 0 Å². The summed E-state index contributed by atoms with van der Waals surface area (Å²) in [5.74, 6) is -0.264. The van der Waals surface area contributed by atoms with Crippen molar-refractivity contribution in [2.45, 2.75) is 32.6 Å². The maximum Gasteiger partial charge on any atom is 0.268 e. The second-order valence-corrected chi connectivity index (χ2v) is 10.2. The molecule has 0 aliphatic carbocycles. The largest absolute Gasteiger partial charge is 0.495 e. The normalized spacial score (nSPS) is 11.2. The van der Waals surface area contributed by atoms with E-state index in [1.54, 1.807) is 43.3 Å². The minimum Gasteiger partial charge on any atom is -0.495 e. The number of hydrogen-bond donors (Lipinski definition) is 1. The van der Waals surface area contributed by atoms with E-state index in [1.807, 2.05) is 32.9 Å². The lowest BCUT2D eigenvalue weighted by molar-refractivity contribution is -0.114. The summed E-state index contributed by atoms with van der Waals surface area (Å²) >= 11 is 6.01. The molecule has 1 amide bonds. The van der Waals surface area contributed by atoms with Crippen molar-refractivity contribution in [3.8, 4) is 5.75 Å². The Morgan fingerprint density at radius 2 is 1.55 bits per heavy atom. The van der Waals surface area contributed by atoms with Gasteiger partial charge >= 0.3 is 0 Å². The Morgan fingerprint density at radius 1 is 0.939 bits per heavy atom. The number of benzene rings is 3. The number of nitrogens with zero attached hydrogens (tertiary/aromatic N) is 1. The molecular weight excluding hydrogens is 460 g/mol. The topological polar surface area (TPSA) is 75.7 Å². The summed E-state index contributed by atoms with van der Waals surface area (Å²) in [6, 6.07) is 15.1. The number of hydrogen-bond acceptors (Lipinski definition) is 4. The molecular formula is C25H27ClN2O4S. The fraction of sp³-hybridized carbons (Fsp3) is 0.240. The molecule has 1 N–H and O–H groups in total. The average Bonchev–Trinajstić information content (AvgIpc) is 2.75. The molecule has 174 valence electrons. The molecule has 0 saturated carbocycles. The minimum atomic E-state index is -4.14. The van der Waals surface area contributed by atoms with Gasteiger partial charge in [-0.15, -0.1) is 0 Å². The summed E-state index contributed by atoms with van der Waals surface area (Å²) in [5, 5.41) is 3.34.